The standard InChI is InChI=1S/C15H17ClF3N3O3/c1-9(23)20-7-10-3-2-4-21(8-10)13-6-12(16)11(15(17,18)19)5-14(13)22(24)25/h5-6,10H,2-4,7-8H2,1H3,(H,20,23). The molecule has 1 saturated heterocycles. The fourth-order valence-electron chi connectivity index (χ4n) is 2.91. The van der Waals surface area contributed by atoms with E-state index in [0.717, 1.165) is 12.5 Å². The van der Waals surface area contributed by atoms with Gasteiger partial charge in [0.15, 0.2) is 0 Å². The molecule has 1 N–H and O–H groups in total. The van der Waals surface area contributed by atoms with E-state index in [9.17, 15) is 28.1 Å². The van der Waals surface area contributed by atoms with Gasteiger partial charge in [-0.25, -0.2) is 0 Å². The number of piperidine rings is 1. The van der Waals surface area contributed by atoms with Gasteiger partial charge in [0.1, 0.15) is 5.69 Å². The number of carbonyl (C=O) groups excluding carboxylic acids is 1. The molecular weight excluding hydrogens is 363 g/mol. The van der Waals surface area contributed by atoms with Gasteiger partial charge in [-0.2, -0.15) is 13.2 Å². The smallest absolute Gasteiger partial charge is 0.366 e. The Kier molecular flexibility index (Phi) is 5.76. The summed E-state index contributed by atoms with van der Waals surface area (Å²) in [6, 6.07) is 1.48. The highest BCUT2D eigenvalue weighted by atomic mass is 35.5. The first kappa shape index (κ1) is 19.3. The Balaban J connectivity index is 2.32. The Morgan fingerprint density at radius 1 is 1.48 bits per heavy atom. The number of alkyl halides is 3. The van der Waals surface area contributed by atoms with Crippen molar-refractivity contribution in [1.82, 2.24) is 5.32 Å². The van der Waals surface area contributed by atoms with E-state index in [1.807, 2.05) is 0 Å². The van der Waals surface area contributed by atoms with Gasteiger partial charge in [0.25, 0.3) is 5.69 Å². The van der Waals surface area contributed by atoms with Crippen LogP contribution in [0, 0.1) is 16.0 Å². The van der Waals surface area contributed by atoms with Gasteiger partial charge in [0, 0.05) is 32.6 Å². The summed E-state index contributed by atoms with van der Waals surface area (Å²) in [6.45, 7) is 2.66. The molecule has 138 valence electrons. The van der Waals surface area contributed by atoms with Gasteiger partial charge in [-0.15, -0.1) is 0 Å². The van der Waals surface area contributed by atoms with Crippen LogP contribution in [0.2, 0.25) is 5.02 Å². The predicted octanol–water partition coefficient (Wildman–Crippen LogP) is 3.62. The maximum atomic E-state index is 12.9. The second-order valence-corrected chi connectivity index (χ2v) is 6.37. The molecule has 10 heteroatoms. The summed E-state index contributed by atoms with van der Waals surface area (Å²) < 4.78 is 38.8. The first-order valence-corrected chi connectivity index (χ1v) is 8.02. The molecule has 1 unspecified atom stereocenters. The molecular formula is C15H17ClF3N3O3. The maximum absolute atomic E-state index is 12.9. The first-order valence-electron chi connectivity index (χ1n) is 7.64. The summed E-state index contributed by atoms with van der Waals surface area (Å²) in [5.41, 5.74) is -1.79. The van der Waals surface area contributed by atoms with Crippen molar-refractivity contribution < 1.29 is 22.9 Å². The first-order chi connectivity index (χ1) is 11.6. The summed E-state index contributed by atoms with van der Waals surface area (Å²) in [5, 5.41) is 13.4. The minimum atomic E-state index is -4.77. The van der Waals surface area contributed by atoms with Gasteiger partial charge in [0.2, 0.25) is 5.91 Å². The fourth-order valence-corrected chi connectivity index (χ4v) is 3.17. The molecule has 0 radical (unpaired) electrons. The Morgan fingerprint density at radius 3 is 2.72 bits per heavy atom. The number of hydrogen-bond acceptors (Lipinski definition) is 4. The molecule has 1 aliphatic rings. The number of halogens is 4. The van der Waals surface area contributed by atoms with Crippen molar-refractivity contribution in [3.05, 3.63) is 32.8 Å². The van der Waals surface area contributed by atoms with Crippen molar-refractivity contribution in [1.29, 1.82) is 0 Å². The SMILES string of the molecule is CC(=O)NCC1CCCN(c2cc(Cl)c(C(F)(F)F)cc2[N+](=O)[O-])C1. The van der Waals surface area contributed by atoms with E-state index in [1.165, 1.54) is 6.92 Å². The van der Waals surface area contributed by atoms with E-state index in [-0.39, 0.29) is 17.5 Å². The van der Waals surface area contributed by atoms with Crippen molar-refractivity contribution in [2.45, 2.75) is 25.9 Å². The highest BCUT2D eigenvalue weighted by molar-refractivity contribution is 6.31. The van der Waals surface area contributed by atoms with Crippen LogP contribution in [-0.4, -0.2) is 30.5 Å². The van der Waals surface area contributed by atoms with Crippen LogP contribution in [0.5, 0.6) is 0 Å². The topological polar surface area (TPSA) is 75.5 Å². The van der Waals surface area contributed by atoms with E-state index < -0.39 is 27.4 Å². The average molecular weight is 380 g/mol. The second-order valence-electron chi connectivity index (χ2n) is 5.97. The molecule has 1 amide bonds. The molecule has 2 rings (SSSR count). The third-order valence-electron chi connectivity index (χ3n) is 4.07. The van der Waals surface area contributed by atoms with Crippen LogP contribution in [0.3, 0.4) is 0 Å². The molecule has 0 aromatic heterocycles. The zero-order chi connectivity index (χ0) is 18.8. The monoisotopic (exact) mass is 379 g/mol. The van der Waals surface area contributed by atoms with E-state index in [4.69, 9.17) is 11.6 Å². The van der Waals surface area contributed by atoms with Crippen molar-refractivity contribution >= 4 is 28.9 Å². The zero-order valence-electron chi connectivity index (χ0n) is 13.4. The van der Waals surface area contributed by atoms with Gasteiger partial charge in [-0.3, -0.25) is 14.9 Å². The molecule has 0 spiro atoms. The molecule has 1 aliphatic heterocycles. The van der Waals surface area contributed by atoms with E-state index in [2.05, 4.69) is 5.32 Å². The van der Waals surface area contributed by atoms with E-state index in [1.54, 1.807) is 4.90 Å². The lowest BCUT2D eigenvalue weighted by Crippen LogP contribution is -2.40. The minimum absolute atomic E-state index is 0.0540. The van der Waals surface area contributed by atoms with E-state index >= 15 is 0 Å². The Labute approximate surface area is 147 Å². The Hall–Kier alpha value is -2.03. The number of nitro benzene ring substituents is 1. The van der Waals surface area contributed by atoms with E-state index in [0.29, 0.717) is 32.1 Å². The van der Waals surface area contributed by atoms with Crippen LogP contribution in [0.1, 0.15) is 25.3 Å². The number of amides is 1. The number of carbonyl (C=O) groups is 1. The molecule has 1 fully saturated rings. The van der Waals surface area contributed by atoms with Crippen LogP contribution in [0.15, 0.2) is 12.1 Å². The van der Waals surface area contributed by atoms with Gasteiger partial charge in [0.05, 0.1) is 15.5 Å². The number of nitrogens with one attached hydrogen (secondary N) is 1. The van der Waals surface area contributed by atoms with Crippen molar-refractivity contribution in [3.63, 3.8) is 0 Å². The summed E-state index contributed by atoms with van der Waals surface area (Å²) in [4.78, 5) is 23.1. The number of hydrogen-bond donors (Lipinski definition) is 1. The lowest BCUT2D eigenvalue weighted by Gasteiger charge is -2.34. The fraction of sp³-hybridized carbons (Fsp3) is 0.533. The second kappa shape index (κ2) is 7.47. The highest BCUT2D eigenvalue weighted by Gasteiger charge is 2.37. The van der Waals surface area contributed by atoms with Crippen molar-refractivity contribution in [2.24, 2.45) is 5.92 Å². The zero-order valence-corrected chi connectivity index (χ0v) is 14.2. The lowest BCUT2D eigenvalue weighted by atomic mass is 9.97. The molecule has 0 aliphatic carbocycles. The number of nitro groups is 1. The van der Waals surface area contributed by atoms with Crippen LogP contribution < -0.4 is 10.2 Å². The Bertz CT molecular complexity index is 682. The number of nitrogens with zero attached hydrogens (tertiary/aromatic N) is 2. The van der Waals surface area contributed by atoms with Crippen molar-refractivity contribution in [3.8, 4) is 0 Å². The summed E-state index contributed by atoms with van der Waals surface area (Å²) in [6.07, 6.45) is -3.24. The van der Waals surface area contributed by atoms with Gasteiger partial charge in [-0.05, 0) is 24.8 Å². The lowest BCUT2D eigenvalue weighted by molar-refractivity contribution is -0.384. The van der Waals surface area contributed by atoms with Gasteiger partial charge < -0.3 is 10.2 Å². The molecule has 1 heterocycles. The average Bonchev–Trinajstić information content (AvgIpc) is 2.51. The summed E-state index contributed by atoms with van der Waals surface area (Å²) in [5.74, 6) is -0.126. The normalized spacial score (nSPS) is 18.1. The molecule has 0 bridgehead atoms. The number of anilines is 1. The molecule has 0 saturated carbocycles. The third-order valence-corrected chi connectivity index (χ3v) is 4.38. The molecule has 25 heavy (non-hydrogen) atoms. The largest absolute Gasteiger partial charge is 0.418 e. The van der Waals surface area contributed by atoms with Crippen LogP contribution in [0.25, 0.3) is 0 Å². The molecule has 1 aromatic rings. The van der Waals surface area contributed by atoms with Gasteiger partial charge in [-0.1, -0.05) is 11.6 Å². The number of rotatable bonds is 4. The quantitative estimate of drug-likeness (QED) is 0.640. The van der Waals surface area contributed by atoms with Crippen molar-refractivity contribution in [2.75, 3.05) is 24.5 Å². The Morgan fingerprint density at radius 2 is 2.16 bits per heavy atom. The molecule has 1 atom stereocenters. The minimum Gasteiger partial charge on any atom is -0.366 e. The molecule has 6 nitrogen and oxygen atoms in total. The number of benzene rings is 1. The van der Waals surface area contributed by atoms with Crippen LogP contribution in [0.4, 0.5) is 24.5 Å². The van der Waals surface area contributed by atoms with Gasteiger partial charge >= 0.3 is 6.18 Å². The maximum Gasteiger partial charge on any atom is 0.418 e. The van der Waals surface area contributed by atoms with Crippen LogP contribution in [-0.2, 0) is 11.0 Å². The molecule has 1 aromatic carbocycles. The summed E-state index contributed by atoms with van der Waals surface area (Å²) >= 11 is 5.72. The predicted molar refractivity (Wildman–Crippen MR) is 86.7 cm³/mol. The van der Waals surface area contributed by atoms with Crippen LogP contribution >= 0.6 is 11.6 Å². The third kappa shape index (κ3) is 4.75. The summed E-state index contributed by atoms with van der Waals surface area (Å²) in [7, 11) is 0. The highest BCUT2D eigenvalue weighted by Crippen LogP contribution is 2.42.